The number of rotatable bonds is 6. The zero-order valence-electron chi connectivity index (χ0n) is 15.0. The Morgan fingerprint density at radius 2 is 2.33 bits per heavy atom. The number of aromatic nitrogens is 2. The average molecular weight is 353 g/mol. The van der Waals surface area contributed by atoms with E-state index in [1.54, 1.807) is 30.8 Å². The van der Waals surface area contributed by atoms with Crippen molar-refractivity contribution in [2.24, 2.45) is 12.0 Å². The van der Waals surface area contributed by atoms with Crippen LogP contribution in [0, 0.1) is 0 Å². The molecule has 1 aliphatic rings. The number of thioether (sulfide) groups is 1. The van der Waals surface area contributed by atoms with Crippen LogP contribution < -0.4 is 5.32 Å². The molecule has 0 spiro atoms. The molecule has 1 amide bonds. The Labute approximate surface area is 148 Å². The average Bonchev–Trinajstić information content (AvgIpc) is 3.19. The van der Waals surface area contributed by atoms with Gasteiger partial charge >= 0.3 is 0 Å². The Morgan fingerprint density at radius 1 is 1.54 bits per heavy atom. The fourth-order valence-electron chi connectivity index (χ4n) is 2.69. The standard InChI is InChI=1S/C16H28N6OS/c1-20(2)15(23)10-18-16(17-6-8-24-4)22-7-5-13(12-22)14-9-19-21(3)11-14/h9,11,13H,5-8,10,12H2,1-4H3,(H,17,18). The van der Waals surface area contributed by atoms with Crippen LogP contribution in [0.25, 0.3) is 0 Å². The predicted octanol–water partition coefficient (Wildman–Crippen LogP) is 0.606. The maximum atomic E-state index is 11.8. The molecule has 8 heteroatoms. The van der Waals surface area contributed by atoms with Crippen molar-refractivity contribution in [3.63, 3.8) is 0 Å². The fourth-order valence-corrected chi connectivity index (χ4v) is 3.00. The second kappa shape index (κ2) is 8.96. The Hall–Kier alpha value is -1.70. The monoisotopic (exact) mass is 352 g/mol. The molecule has 1 saturated heterocycles. The number of nitrogens with zero attached hydrogens (tertiary/aromatic N) is 5. The summed E-state index contributed by atoms with van der Waals surface area (Å²) in [5.74, 6) is 2.34. The van der Waals surface area contributed by atoms with Crippen LogP contribution in [0.1, 0.15) is 17.9 Å². The summed E-state index contributed by atoms with van der Waals surface area (Å²) >= 11 is 1.79. The van der Waals surface area contributed by atoms with Gasteiger partial charge in [0.25, 0.3) is 0 Å². The summed E-state index contributed by atoms with van der Waals surface area (Å²) in [6.45, 7) is 2.89. The first kappa shape index (κ1) is 18.6. The third-order valence-electron chi connectivity index (χ3n) is 4.14. The van der Waals surface area contributed by atoms with Gasteiger partial charge in [0.05, 0.1) is 6.20 Å². The molecule has 0 saturated carbocycles. The van der Waals surface area contributed by atoms with Gasteiger partial charge in [-0.25, -0.2) is 4.99 Å². The number of hydrogen-bond donors (Lipinski definition) is 1. The lowest BCUT2D eigenvalue weighted by atomic mass is 10.0. The zero-order chi connectivity index (χ0) is 17.5. The maximum Gasteiger partial charge on any atom is 0.243 e. The highest BCUT2D eigenvalue weighted by molar-refractivity contribution is 7.98. The van der Waals surface area contributed by atoms with Crippen LogP contribution in [0.3, 0.4) is 0 Å². The van der Waals surface area contributed by atoms with E-state index >= 15 is 0 Å². The summed E-state index contributed by atoms with van der Waals surface area (Å²) in [7, 11) is 5.46. The first-order valence-electron chi connectivity index (χ1n) is 8.22. The molecule has 1 N–H and O–H groups in total. The maximum absolute atomic E-state index is 11.8. The third kappa shape index (κ3) is 5.15. The summed E-state index contributed by atoms with van der Waals surface area (Å²) in [6, 6.07) is 0. The van der Waals surface area contributed by atoms with Crippen molar-refractivity contribution in [2.45, 2.75) is 12.3 Å². The van der Waals surface area contributed by atoms with E-state index in [1.807, 2.05) is 17.9 Å². The van der Waals surface area contributed by atoms with Crippen LogP contribution in [0.4, 0.5) is 0 Å². The molecule has 0 aliphatic carbocycles. The van der Waals surface area contributed by atoms with Gasteiger partial charge in [-0.2, -0.15) is 16.9 Å². The second-order valence-electron chi connectivity index (χ2n) is 6.23. The number of aliphatic imine (C=N–C) groups is 1. The largest absolute Gasteiger partial charge is 0.355 e. The molecule has 1 unspecified atom stereocenters. The molecule has 0 aromatic carbocycles. The van der Waals surface area contributed by atoms with Crippen molar-refractivity contribution in [3.05, 3.63) is 18.0 Å². The van der Waals surface area contributed by atoms with Gasteiger partial charge in [0.15, 0.2) is 5.96 Å². The second-order valence-corrected chi connectivity index (χ2v) is 7.21. The lowest BCUT2D eigenvalue weighted by Crippen LogP contribution is -2.41. The number of carbonyl (C=O) groups excluding carboxylic acids is 1. The van der Waals surface area contributed by atoms with Crippen LogP contribution in [-0.2, 0) is 11.8 Å². The number of hydrogen-bond acceptors (Lipinski definition) is 4. The summed E-state index contributed by atoms with van der Waals surface area (Å²) < 4.78 is 1.85. The Bertz CT molecular complexity index is 571. The Balaban J connectivity index is 2.00. The first-order chi connectivity index (χ1) is 11.5. The minimum Gasteiger partial charge on any atom is -0.355 e. The van der Waals surface area contributed by atoms with Gasteiger partial charge in [-0.05, 0) is 18.2 Å². The van der Waals surface area contributed by atoms with Crippen molar-refractivity contribution >= 4 is 23.6 Å². The first-order valence-corrected chi connectivity index (χ1v) is 9.61. The Kier molecular flexibility index (Phi) is 6.96. The quantitative estimate of drug-likeness (QED) is 0.462. The SMILES string of the molecule is CSCCNC(=NCC(=O)N(C)C)N1CCC(c2cnn(C)c2)C1. The molecule has 7 nitrogen and oxygen atoms in total. The van der Waals surface area contributed by atoms with Crippen LogP contribution >= 0.6 is 11.8 Å². The van der Waals surface area contributed by atoms with Crippen molar-refractivity contribution in [2.75, 3.05) is 52.3 Å². The van der Waals surface area contributed by atoms with Crippen LogP contribution in [-0.4, -0.2) is 83.7 Å². The van der Waals surface area contributed by atoms with Crippen LogP contribution in [0.2, 0.25) is 0 Å². The topological polar surface area (TPSA) is 65.8 Å². The van der Waals surface area contributed by atoms with Gasteiger partial charge in [-0.1, -0.05) is 0 Å². The van der Waals surface area contributed by atoms with Gasteiger partial charge in [0, 0.05) is 58.6 Å². The molecule has 1 aromatic rings. The molecule has 1 aliphatic heterocycles. The van der Waals surface area contributed by atoms with Gasteiger partial charge in [0.2, 0.25) is 5.91 Å². The van der Waals surface area contributed by atoms with E-state index in [1.165, 1.54) is 5.56 Å². The van der Waals surface area contributed by atoms with Crippen LogP contribution in [0.5, 0.6) is 0 Å². The van der Waals surface area contributed by atoms with Crippen LogP contribution in [0.15, 0.2) is 17.4 Å². The lowest BCUT2D eigenvalue weighted by molar-refractivity contribution is -0.127. The van der Waals surface area contributed by atoms with Gasteiger partial charge in [0.1, 0.15) is 6.54 Å². The van der Waals surface area contributed by atoms with E-state index < -0.39 is 0 Å². The van der Waals surface area contributed by atoms with Crippen molar-refractivity contribution in [3.8, 4) is 0 Å². The number of likely N-dealkylation sites (N-methyl/N-ethyl adjacent to an activating group) is 1. The highest BCUT2D eigenvalue weighted by atomic mass is 32.2. The normalized spacial score (nSPS) is 18.1. The molecule has 0 radical (unpaired) electrons. The summed E-state index contributed by atoms with van der Waals surface area (Å²) in [4.78, 5) is 20.2. The van der Waals surface area contributed by atoms with E-state index in [0.29, 0.717) is 5.92 Å². The number of nitrogens with one attached hydrogen (secondary N) is 1. The predicted molar refractivity (Wildman–Crippen MR) is 99.5 cm³/mol. The highest BCUT2D eigenvalue weighted by Crippen LogP contribution is 2.26. The summed E-state index contributed by atoms with van der Waals surface area (Å²) in [5.41, 5.74) is 1.27. The number of amides is 1. The number of aryl methyl sites for hydroxylation is 1. The van der Waals surface area contributed by atoms with E-state index in [4.69, 9.17) is 0 Å². The molecular weight excluding hydrogens is 324 g/mol. The minimum atomic E-state index is 0.0159. The minimum absolute atomic E-state index is 0.0159. The number of carbonyl (C=O) groups is 1. The molecule has 134 valence electrons. The van der Waals surface area contributed by atoms with Crippen molar-refractivity contribution in [1.82, 2.24) is 24.9 Å². The van der Waals surface area contributed by atoms with Crippen molar-refractivity contribution < 1.29 is 4.79 Å². The number of likely N-dealkylation sites (tertiary alicyclic amines) is 1. The molecule has 0 bridgehead atoms. The summed E-state index contributed by atoms with van der Waals surface area (Å²) in [6.07, 6.45) is 7.20. The van der Waals surface area contributed by atoms with Gasteiger partial charge in [-0.3, -0.25) is 9.48 Å². The smallest absolute Gasteiger partial charge is 0.243 e. The molecule has 2 heterocycles. The fraction of sp³-hybridized carbons (Fsp3) is 0.688. The van der Waals surface area contributed by atoms with Gasteiger partial charge < -0.3 is 15.1 Å². The number of guanidine groups is 1. The Morgan fingerprint density at radius 3 is 2.96 bits per heavy atom. The van der Waals surface area contributed by atoms with Crippen molar-refractivity contribution in [1.29, 1.82) is 0 Å². The molecule has 24 heavy (non-hydrogen) atoms. The molecule has 2 rings (SSSR count). The highest BCUT2D eigenvalue weighted by Gasteiger charge is 2.27. The lowest BCUT2D eigenvalue weighted by Gasteiger charge is -2.22. The zero-order valence-corrected chi connectivity index (χ0v) is 15.8. The van der Waals surface area contributed by atoms with E-state index in [9.17, 15) is 4.79 Å². The van der Waals surface area contributed by atoms with E-state index in [0.717, 1.165) is 37.8 Å². The molecule has 1 aromatic heterocycles. The third-order valence-corrected chi connectivity index (χ3v) is 4.75. The molecule has 1 fully saturated rings. The van der Waals surface area contributed by atoms with E-state index in [2.05, 4.69) is 32.8 Å². The summed E-state index contributed by atoms with van der Waals surface area (Å²) in [5, 5.41) is 7.67. The van der Waals surface area contributed by atoms with E-state index in [-0.39, 0.29) is 12.5 Å². The van der Waals surface area contributed by atoms with Gasteiger partial charge in [-0.15, -0.1) is 0 Å². The molecule has 1 atom stereocenters. The molecular formula is C16H28N6OS.